The third kappa shape index (κ3) is 5.19. The fourth-order valence-electron chi connectivity index (χ4n) is 2.07. The van der Waals surface area contributed by atoms with Crippen LogP contribution < -0.4 is 5.43 Å². The molecule has 0 aliphatic heterocycles. The summed E-state index contributed by atoms with van der Waals surface area (Å²) < 4.78 is 25.8. The SMILES string of the molecule is Cc1ccc(S(=O)(=O)N(C)CC(=O)N/N=C/c2cc(O)c(O)c(Cl)c2)cc1. The van der Waals surface area contributed by atoms with Crippen molar-refractivity contribution in [3.63, 3.8) is 0 Å². The van der Waals surface area contributed by atoms with E-state index in [9.17, 15) is 23.4 Å². The number of aromatic hydroxyl groups is 2. The third-order valence-corrected chi connectivity index (χ3v) is 5.67. The zero-order valence-electron chi connectivity index (χ0n) is 14.5. The second kappa shape index (κ2) is 8.38. The van der Waals surface area contributed by atoms with Crippen molar-refractivity contribution >= 4 is 33.7 Å². The highest BCUT2D eigenvalue weighted by atomic mass is 35.5. The molecule has 2 aromatic rings. The average molecular weight is 412 g/mol. The van der Waals surface area contributed by atoms with E-state index in [4.69, 9.17) is 11.6 Å². The van der Waals surface area contributed by atoms with Gasteiger partial charge in [0.1, 0.15) is 0 Å². The maximum atomic E-state index is 12.4. The lowest BCUT2D eigenvalue weighted by molar-refractivity contribution is -0.121. The van der Waals surface area contributed by atoms with E-state index in [1.165, 1.54) is 37.5 Å². The van der Waals surface area contributed by atoms with E-state index < -0.39 is 34.0 Å². The number of hydrazone groups is 1. The van der Waals surface area contributed by atoms with Crippen molar-refractivity contribution in [1.82, 2.24) is 9.73 Å². The van der Waals surface area contributed by atoms with Crippen LogP contribution in [0.25, 0.3) is 0 Å². The van der Waals surface area contributed by atoms with Gasteiger partial charge >= 0.3 is 0 Å². The summed E-state index contributed by atoms with van der Waals surface area (Å²) in [6, 6.07) is 8.81. The van der Waals surface area contributed by atoms with Gasteiger partial charge in [-0.05, 0) is 36.8 Å². The van der Waals surface area contributed by atoms with Crippen LogP contribution in [-0.4, -0.2) is 48.7 Å². The predicted molar refractivity (Wildman–Crippen MR) is 102 cm³/mol. The van der Waals surface area contributed by atoms with Gasteiger partial charge in [0, 0.05) is 7.05 Å². The quantitative estimate of drug-likeness (QED) is 0.380. The van der Waals surface area contributed by atoms with Crippen LogP contribution >= 0.6 is 11.6 Å². The van der Waals surface area contributed by atoms with E-state index in [1.807, 2.05) is 6.92 Å². The van der Waals surface area contributed by atoms with E-state index in [-0.39, 0.29) is 9.92 Å². The molecule has 0 spiro atoms. The predicted octanol–water partition coefficient (Wildman–Crippen LogP) is 1.83. The first-order valence-corrected chi connectivity index (χ1v) is 9.49. The van der Waals surface area contributed by atoms with Crippen molar-refractivity contribution in [2.24, 2.45) is 5.10 Å². The van der Waals surface area contributed by atoms with E-state index in [0.29, 0.717) is 5.56 Å². The number of carbonyl (C=O) groups is 1. The number of nitrogens with zero attached hydrogens (tertiary/aromatic N) is 2. The molecule has 10 heteroatoms. The highest BCUT2D eigenvalue weighted by molar-refractivity contribution is 7.89. The van der Waals surface area contributed by atoms with Gasteiger partial charge in [-0.3, -0.25) is 4.79 Å². The number of nitrogens with one attached hydrogen (secondary N) is 1. The number of halogens is 1. The van der Waals surface area contributed by atoms with Crippen LogP contribution in [0.1, 0.15) is 11.1 Å². The molecule has 2 aromatic carbocycles. The molecule has 0 saturated carbocycles. The molecule has 0 atom stereocenters. The van der Waals surface area contributed by atoms with Crippen LogP contribution in [0, 0.1) is 6.92 Å². The summed E-state index contributed by atoms with van der Waals surface area (Å²) in [5.74, 6) is -1.54. The summed E-state index contributed by atoms with van der Waals surface area (Å²) in [7, 11) is -2.51. The summed E-state index contributed by atoms with van der Waals surface area (Å²) in [5, 5.41) is 22.4. The molecule has 0 fully saturated rings. The largest absolute Gasteiger partial charge is 0.504 e. The molecule has 0 aromatic heterocycles. The van der Waals surface area contributed by atoms with Crippen molar-refractivity contribution < 1.29 is 23.4 Å². The molecule has 0 unspecified atom stereocenters. The molecular formula is C17H18ClN3O5S. The monoisotopic (exact) mass is 411 g/mol. The molecule has 1 amide bonds. The maximum Gasteiger partial charge on any atom is 0.255 e. The van der Waals surface area contributed by atoms with Gasteiger partial charge in [-0.15, -0.1) is 0 Å². The van der Waals surface area contributed by atoms with E-state index in [1.54, 1.807) is 12.1 Å². The van der Waals surface area contributed by atoms with Crippen LogP contribution in [0.15, 0.2) is 46.4 Å². The number of benzene rings is 2. The minimum absolute atomic E-state index is 0.0771. The maximum absolute atomic E-state index is 12.4. The van der Waals surface area contributed by atoms with E-state index >= 15 is 0 Å². The number of sulfonamides is 1. The summed E-state index contributed by atoms with van der Waals surface area (Å²) in [4.78, 5) is 12.0. The lowest BCUT2D eigenvalue weighted by Gasteiger charge is -2.16. The minimum Gasteiger partial charge on any atom is -0.504 e. The van der Waals surface area contributed by atoms with Crippen LogP contribution in [0.3, 0.4) is 0 Å². The number of carbonyl (C=O) groups excluding carboxylic acids is 1. The molecule has 0 bridgehead atoms. The zero-order chi connectivity index (χ0) is 20.2. The number of amides is 1. The van der Waals surface area contributed by atoms with Gasteiger partial charge < -0.3 is 10.2 Å². The molecule has 0 saturated heterocycles. The molecule has 0 radical (unpaired) electrons. The van der Waals surface area contributed by atoms with E-state index in [2.05, 4.69) is 10.5 Å². The number of aryl methyl sites for hydroxylation is 1. The molecule has 0 aliphatic carbocycles. The Bertz CT molecular complexity index is 952. The number of phenolic OH excluding ortho intramolecular Hbond substituents is 2. The number of hydrogen-bond acceptors (Lipinski definition) is 6. The molecule has 0 aliphatic rings. The zero-order valence-corrected chi connectivity index (χ0v) is 16.1. The number of hydrogen-bond donors (Lipinski definition) is 3. The second-order valence-corrected chi connectivity index (χ2v) is 8.19. The number of likely N-dealkylation sites (N-methyl/N-ethyl adjacent to an activating group) is 1. The second-order valence-electron chi connectivity index (χ2n) is 5.74. The fourth-order valence-corrected chi connectivity index (χ4v) is 3.42. The van der Waals surface area contributed by atoms with Gasteiger partial charge in [0.25, 0.3) is 5.91 Å². The fraction of sp³-hybridized carbons (Fsp3) is 0.176. The van der Waals surface area contributed by atoms with Gasteiger partial charge in [-0.25, -0.2) is 13.8 Å². The Kier molecular flexibility index (Phi) is 6.42. The normalized spacial score (nSPS) is 11.9. The van der Waals surface area contributed by atoms with Gasteiger partial charge in [0.2, 0.25) is 10.0 Å². The first-order valence-electron chi connectivity index (χ1n) is 7.67. The Hall–Kier alpha value is -2.62. The van der Waals surface area contributed by atoms with Crippen LogP contribution in [0.4, 0.5) is 0 Å². The van der Waals surface area contributed by atoms with E-state index in [0.717, 1.165) is 9.87 Å². The molecule has 8 nitrogen and oxygen atoms in total. The van der Waals surface area contributed by atoms with Crippen molar-refractivity contribution in [2.75, 3.05) is 13.6 Å². The van der Waals surface area contributed by atoms with Gasteiger partial charge in [-0.1, -0.05) is 29.3 Å². The number of phenols is 2. The third-order valence-electron chi connectivity index (χ3n) is 3.56. The summed E-state index contributed by atoms with van der Waals surface area (Å²) in [5.41, 5.74) is 3.44. The Morgan fingerprint density at radius 2 is 1.89 bits per heavy atom. The Labute approximate surface area is 161 Å². The molecule has 27 heavy (non-hydrogen) atoms. The standard InChI is InChI=1S/C17H18ClN3O5S/c1-11-3-5-13(6-4-11)27(25,26)21(2)10-16(23)20-19-9-12-7-14(18)17(24)15(22)8-12/h3-9,22,24H,10H2,1-2H3,(H,20,23)/b19-9+. The molecule has 144 valence electrons. The molecular weight excluding hydrogens is 394 g/mol. The smallest absolute Gasteiger partial charge is 0.255 e. The van der Waals surface area contributed by atoms with Gasteiger partial charge in [0.05, 0.1) is 22.7 Å². The first-order chi connectivity index (χ1) is 12.6. The Morgan fingerprint density at radius 3 is 2.48 bits per heavy atom. The highest BCUT2D eigenvalue weighted by Crippen LogP contribution is 2.33. The van der Waals surface area contributed by atoms with Crippen LogP contribution in [0.2, 0.25) is 5.02 Å². The Balaban J connectivity index is 1.99. The average Bonchev–Trinajstić information content (AvgIpc) is 2.59. The topological polar surface area (TPSA) is 119 Å². The van der Waals surface area contributed by atoms with Crippen molar-refractivity contribution in [3.05, 3.63) is 52.5 Å². The lowest BCUT2D eigenvalue weighted by atomic mass is 10.2. The number of rotatable bonds is 6. The van der Waals surface area contributed by atoms with Gasteiger partial charge in [0.15, 0.2) is 11.5 Å². The molecule has 3 N–H and O–H groups in total. The summed E-state index contributed by atoms with van der Waals surface area (Å²) >= 11 is 5.72. The minimum atomic E-state index is -3.80. The summed E-state index contributed by atoms with van der Waals surface area (Å²) in [6.07, 6.45) is 1.19. The Morgan fingerprint density at radius 1 is 1.26 bits per heavy atom. The molecule has 0 heterocycles. The van der Waals surface area contributed by atoms with Crippen molar-refractivity contribution in [3.8, 4) is 11.5 Å². The van der Waals surface area contributed by atoms with Crippen molar-refractivity contribution in [1.29, 1.82) is 0 Å². The lowest BCUT2D eigenvalue weighted by Crippen LogP contribution is -2.36. The first kappa shape index (κ1) is 20.7. The van der Waals surface area contributed by atoms with Gasteiger partial charge in [-0.2, -0.15) is 9.41 Å². The summed E-state index contributed by atoms with van der Waals surface area (Å²) in [6.45, 7) is 1.40. The van der Waals surface area contributed by atoms with Crippen molar-refractivity contribution in [2.45, 2.75) is 11.8 Å². The highest BCUT2D eigenvalue weighted by Gasteiger charge is 2.22. The van der Waals surface area contributed by atoms with Crippen LogP contribution in [-0.2, 0) is 14.8 Å². The molecule has 2 rings (SSSR count). The van der Waals surface area contributed by atoms with Crippen LogP contribution in [0.5, 0.6) is 11.5 Å².